The Balaban J connectivity index is 1.08. The summed E-state index contributed by atoms with van der Waals surface area (Å²) in [6.45, 7) is 2.05. The third-order valence-corrected chi connectivity index (χ3v) is 19.8. The molecule has 5 aromatic rings. The van der Waals surface area contributed by atoms with Crippen LogP contribution in [0.15, 0.2) is 132 Å². The Labute approximate surface area is 453 Å². The number of hydrogen-bond donors (Lipinski definition) is 7. The van der Waals surface area contributed by atoms with E-state index in [1.807, 2.05) is 72.8 Å². The van der Waals surface area contributed by atoms with Crippen LogP contribution in [0.2, 0.25) is 0 Å². The number of nitrogens with two attached hydrogens (primary N) is 2. The Kier molecular flexibility index (Phi) is 14.9. The average Bonchev–Trinajstić information content (AvgIpc) is 3.62. The van der Waals surface area contributed by atoms with Crippen molar-refractivity contribution in [1.29, 1.82) is 0 Å². The summed E-state index contributed by atoms with van der Waals surface area (Å²) in [6, 6.07) is 37.5. The van der Waals surface area contributed by atoms with Crippen molar-refractivity contribution in [3.05, 3.63) is 177 Å². The zero-order valence-electron chi connectivity index (χ0n) is 43.9. The molecule has 5 heterocycles. The van der Waals surface area contributed by atoms with E-state index in [2.05, 4.69) is 55.2 Å². The molecule has 1 saturated heterocycles. The molecule has 2 fully saturated rings. The van der Waals surface area contributed by atoms with E-state index in [4.69, 9.17) is 25.9 Å². The second-order valence-corrected chi connectivity index (χ2v) is 25.1. The summed E-state index contributed by atoms with van der Waals surface area (Å²) in [5.74, 6) is 5.06. The zero-order chi connectivity index (χ0) is 53.6. The Morgan fingerprint density at radius 3 is 2.39 bits per heavy atom. The molecule has 12 nitrogen and oxygen atoms in total. The monoisotopic (exact) mass is 1060 g/mol. The summed E-state index contributed by atoms with van der Waals surface area (Å²) < 4.78 is 55.1. The summed E-state index contributed by atoms with van der Waals surface area (Å²) in [5, 5.41) is 43.4. The van der Waals surface area contributed by atoms with Crippen molar-refractivity contribution in [3.8, 4) is 23.3 Å². The average molecular weight is 1060 g/mol. The molecule has 8 aliphatic rings. The number of guanidine groups is 1. The number of aliphatic hydroxyl groups excluding tert-OH is 2. The lowest BCUT2D eigenvalue weighted by atomic mass is 9.64. The maximum atomic E-state index is 14.4. The highest BCUT2D eigenvalue weighted by Crippen LogP contribution is 2.56. The van der Waals surface area contributed by atoms with Crippen LogP contribution >= 0.6 is 0 Å². The SMILES string of the molecule is C[C@@H]1CCc2cc3ccc2[C@H]1C[C@@H](S(=O)(=O)O)[C@H]1C=C2C[C@H](C[C@H]4C[C@@H](CO)CC#Cc5cc(O)ccc5[C@@H]2O4)[C@@H]1c1ccc(cc1)[C@](C[C@H](Cc1ccccc1)[C@@]1(O)CCC[C@@H](c2ccc(CO)cc2)C1)(N=C(N)N)O3. The molecule has 5 aromatic carbocycles. The Bertz CT molecular complexity index is 3190. The number of aliphatic hydroxyl groups is 3. The normalized spacial score (nSPS) is 31.0. The zero-order valence-corrected chi connectivity index (χ0v) is 44.7. The summed E-state index contributed by atoms with van der Waals surface area (Å²) in [5.41, 5.74) is 19.3. The van der Waals surface area contributed by atoms with Crippen LogP contribution in [0.4, 0.5) is 0 Å². The summed E-state index contributed by atoms with van der Waals surface area (Å²) >= 11 is 0. The van der Waals surface area contributed by atoms with Crippen molar-refractivity contribution in [2.75, 3.05) is 6.61 Å². The van der Waals surface area contributed by atoms with Gasteiger partial charge in [-0.2, -0.15) is 8.42 Å². The van der Waals surface area contributed by atoms with Gasteiger partial charge in [-0.05, 0) is 175 Å². The lowest BCUT2D eigenvalue weighted by molar-refractivity contribution is -0.0834. The molecule has 77 heavy (non-hydrogen) atoms. The first-order chi connectivity index (χ1) is 37.1. The molecule has 13 rings (SSSR count). The molecule has 0 spiro atoms. The first kappa shape index (κ1) is 53.0. The van der Waals surface area contributed by atoms with Gasteiger partial charge in [0.15, 0.2) is 5.96 Å². The highest BCUT2D eigenvalue weighted by Gasteiger charge is 2.51. The van der Waals surface area contributed by atoms with Crippen LogP contribution in [-0.4, -0.2) is 62.9 Å². The van der Waals surface area contributed by atoms with Gasteiger partial charge in [0.25, 0.3) is 10.1 Å². The number of allylic oxidation sites excluding steroid dienone is 1. The number of nitrogens with zero attached hydrogens (tertiary/aromatic N) is 1. The Hall–Kier alpha value is -5.98. The maximum absolute atomic E-state index is 14.4. The lowest BCUT2D eigenvalue weighted by Crippen LogP contribution is -2.48. The molecule has 0 unspecified atom stereocenters. The first-order valence-electron chi connectivity index (χ1n) is 27.8. The predicted molar refractivity (Wildman–Crippen MR) is 297 cm³/mol. The van der Waals surface area contributed by atoms with E-state index < -0.39 is 50.6 Å². The molecule has 5 aliphatic heterocycles. The van der Waals surface area contributed by atoms with Crippen LogP contribution in [0, 0.1) is 41.4 Å². The Morgan fingerprint density at radius 1 is 0.883 bits per heavy atom. The number of phenols is 1. The molecule has 9 N–H and O–H groups in total. The molecule has 13 heteroatoms. The fourth-order valence-corrected chi connectivity index (χ4v) is 15.8. The second-order valence-electron chi connectivity index (χ2n) is 23.4. The number of ether oxygens (including phenoxy) is 2. The molecular formula is C64H73N3O9S. The van der Waals surface area contributed by atoms with E-state index in [0.29, 0.717) is 61.8 Å². The van der Waals surface area contributed by atoms with Gasteiger partial charge in [-0.1, -0.05) is 116 Å². The highest BCUT2D eigenvalue weighted by molar-refractivity contribution is 7.86. The van der Waals surface area contributed by atoms with Gasteiger partial charge >= 0.3 is 0 Å². The number of fused-ring (bicyclic) bond motifs is 9. The van der Waals surface area contributed by atoms with Crippen molar-refractivity contribution in [2.24, 2.45) is 46.0 Å². The molecule has 1 saturated carbocycles. The minimum Gasteiger partial charge on any atom is -0.508 e. The standard InChI is InChI=1S/C64H73N3O9S/c1-39-12-15-46-31-53-23-25-55(46)57(39)34-59(77(72,73)74)58-33-49-29-48(32-54-28-42(38-69)9-5-10-45-30-52(70)22-24-56(45)61(49)75-54)60(58)44-18-20-50(21-19-44)64(76-53,67-62(65)66)36-51(27-40-7-3-2-4-8-40)63(71)26-6-11-47(35-63)43-16-13-41(37-68)14-17-43/h2-4,7-8,13-14,16-25,30-31,33,39,42,47-48,51,54,57-61,68-71H,6,9,11-12,15,26-29,32,34-38H2,1H3,(H4,65,66,67)(H,72,73,74)/t39-,42+,47-,48-,51+,54-,57+,58-,59-,60+,61-,63-,64-/m1/s1. The number of phenolic OH excluding ortho intramolecular Hbond substituents is 1. The topological polar surface area (TPSA) is 218 Å². The molecule has 0 amide bonds. The van der Waals surface area contributed by atoms with Gasteiger partial charge in [0.2, 0.25) is 5.72 Å². The number of rotatable bonds is 10. The van der Waals surface area contributed by atoms with Crippen molar-refractivity contribution in [1.82, 2.24) is 0 Å². The fraction of sp³-hybridized carbons (Fsp3) is 0.453. The fourth-order valence-electron chi connectivity index (χ4n) is 14.7. The summed E-state index contributed by atoms with van der Waals surface area (Å²) in [6.07, 6.45) is 8.44. The minimum atomic E-state index is -4.70. The van der Waals surface area contributed by atoms with Crippen LogP contribution in [0.3, 0.4) is 0 Å². The van der Waals surface area contributed by atoms with Crippen molar-refractivity contribution in [3.63, 3.8) is 0 Å². The van der Waals surface area contributed by atoms with Gasteiger partial charge in [0.05, 0.1) is 23.6 Å². The molecule has 10 bridgehead atoms. The number of benzene rings is 5. The third kappa shape index (κ3) is 10.9. The van der Waals surface area contributed by atoms with Crippen LogP contribution in [0.1, 0.15) is 151 Å². The van der Waals surface area contributed by atoms with Crippen molar-refractivity contribution >= 4 is 16.1 Å². The molecule has 13 atom stereocenters. The third-order valence-electron chi connectivity index (χ3n) is 18.6. The van der Waals surface area contributed by atoms with Gasteiger partial charge in [-0.15, -0.1) is 0 Å². The van der Waals surface area contributed by atoms with E-state index in [0.717, 1.165) is 70.2 Å². The quantitative estimate of drug-likeness (QED) is 0.0230. The second kappa shape index (κ2) is 21.7. The number of hydrogen-bond acceptors (Lipinski definition) is 9. The number of aromatic hydroxyl groups is 1. The molecular weight excluding hydrogens is 987 g/mol. The van der Waals surface area contributed by atoms with E-state index in [1.54, 1.807) is 12.1 Å². The smallest absolute Gasteiger partial charge is 0.268 e. The van der Waals surface area contributed by atoms with Crippen molar-refractivity contribution in [2.45, 2.75) is 144 Å². The molecule has 0 radical (unpaired) electrons. The lowest BCUT2D eigenvalue weighted by Gasteiger charge is -2.46. The molecule has 0 aromatic heterocycles. The van der Waals surface area contributed by atoms with Crippen LogP contribution in [0.5, 0.6) is 11.5 Å². The van der Waals surface area contributed by atoms with E-state index in [1.165, 1.54) is 0 Å². The van der Waals surface area contributed by atoms with Crippen LogP contribution < -0.4 is 16.2 Å². The maximum Gasteiger partial charge on any atom is 0.268 e. The van der Waals surface area contributed by atoms with Crippen LogP contribution in [-0.2, 0) is 40.0 Å². The minimum absolute atomic E-state index is 0.0443. The first-order valence-corrected chi connectivity index (χ1v) is 29.3. The van der Waals surface area contributed by atoms with Gasteiger partial charge in [0.1, 0.15) is 17.6 Å². The Morgan fingerprint density at radius 2 is 1.65 bits per heavy atom. The van der Waals surface area contributed by atoms with Gasteiger partial charge in [0, 0.05) is 42.1 Å². The van der Waals surface area contributed by atoms with Gasteiger partial charge < -0.3 is 41.4 Å². The van der Waals surface area contributed by atoms with E-state index in [9.17, 15) is 33.4 Å². The van der Waals surface area contributed by atoms with Crippen LogP contribution in [0.25, 0.3) is 0 Å². The van der Waals surface area contributed by atoms with Gasteiger partial charge in [-0.3, -0.25) is 4.55 Å². The molecule has 3 aliphatic carbocycles. The number of aryl methyl sites for hydroxylation is 1. The number of aliphatic imine (C=N–C) groups is 1. The largest absolute Gasteiger partial charge is 0.508 e. The van der Waals surface area contributed by atoms with E-state index >= 15 is 0 Å². The summed E-state index contributed by atoms with van der Waals surface area (Å²) in [7, 11) is -4.70. The predicted octanol–water partition coefficient (Wildman–Crippen LogP) is 9.98. The van der Waals surface area contributed by atoms with E-state index in [-0.39, 0.29) is 73.5 Å². The summed E-state index contributed by atoms with van der Waals surface area (Å²) in [4.78, 5) is 5.13. The molecule has 404 valence electrons. The highest BCUT2D eigenvalue weighted by atomic mass is 32.2. The van der Waals surface area contributed by atoms with Gasteiger partial charge in [-0.25, -0.2) is 4.99 Å². The van der Waals surface area contributed by atoms with Crippen molar-refractivity contribution < 1.29 is 42.9 Å².